The van der Waals surface area contributed by atoms with Gasteiger partial charge in [-0.15, -0.1) is 0 Å². The number of carbonyl (C=O) groups excluding carboxylic acids is 2. The standard InChI is InChI=1S/C17H25N3O4S/c1-4-18(5-2)17(22)15-7-6-8-16(13-15)25(23,24)20-11-9-19(10-12-20)14(3)21/h6-8,13H,4-5,9-12H2,1-3H3. The minimum Gasteiger partial charge on any atom is -0.340 e. The molecule has 1 aromatic carbocycles. The number of sulfonamides is 1. The maximum Gasteiger partial charge on any atom is 0.253 e. The Labute approximate surface area is 149 Å². The number of rotatable bonds is 5. The molecule has 138 valence electrons. The molecule has 1 heterocycles. The fourth-order valence-corrected chi connectivity index (χ4v) is 4.34. The monoisotopic (exact) mass is 367 g/mol. The Morgan fingerprint density at radius 3 is 2.20 bits per heavy atom. The van der Waals surface area contributed by atoms with E-state index in [1.165, 1.54) is 23.4 Å². The van der Waals surface area contributed by atoms with Gasteiger partial charge in [-0.05, 0) is 32.0 Å². The zero-order chi connectivity index (χ0) is 18.6. The molecule has 0 atom stereocenters. The quantitative estimate of drug-likeness (QED) is 0.778. The summed E-state index contributed by atoms with van der Waals surface area (Å²) in [5, 5.41) is 0. The van der Waals surface area contributed by atoms with Crippen LogP contribution >= 0.6 is 0 Å². The molecule has 0 unspecified atom stereocenters. The van der Waals surface area contributed by atoms with Crippen molar-refractivity contribution in [1.29, 1.82) is 0 Å². The summed E-state index contributed by atoms with van der Waals surface area (Å²) < 4.78 is 27.1. The normalized spacial score (nSPS) is 15.9. The Kier molecular flexibility index (Phi) is 6.18. The van der Waals surface area contributed by atoms with Crippen LogP contribution in [0.3, 0.4) is 0 Å². The Hall–Kier alpha value is -1.93. The second kappa shape index (κ2) is 7.97. The van der Waals surface area contributed by atoms with Gasteiger partial charge in [0.15, 0.2) is 0 Å². The van der Waals surface area contributed by atoms with E-state index in [-0.39, 0.29) is 29.8 Å². The van der Waals surface area contributed by atoms with E-state index in [0.717, 1.165) is 0 Å². The van der Waals surface area contributed by atoms with Crippen LogP contribution in [0.4, 0.5) is 0 Å². The van der Waals surface area contributed by atoms with Crippen LogP contribution in [0.25, 0.3) is 0 Å². The van der Waals surface area contributed by atoms with Gasteiger partial charge in [0.1, 0.15) is 0 Å². The minimum atomic E-state index is -3.68. The number of benzene rings is 1. The van der Waals surface area contributed by atoms with Crippen LogP contribution < -0.4 is 0 Å². The highest BCUT2D eigenvalue weighted by Gasteiger charge is 2.29. The smallest absolute Gasteiger partial charge is 0.253 e. The van der Waals surface area contributed by atoms with Crippen LogP contribution in [0.5, 0.6) is 0 Å². The molecule has 0 spiro atoms. The molecule has 0 radical (unpaired) electrons. The summed E-state index contributed by atoms with van der Waals surface area (Å²) in [7, 11) is -3.68. The Morgan fingerprint density at radius 1 is 1.08 bits per heavy atom. The molecule has 0 bridgehead atoms. The van der Waals surface area contributed by atoms with E-state index in [2.05, 4.69) is 0 Å². The summed E-state index contributed by atoms with van der Waals surface area (Å²) in [6.07, 6.45) is 0. The van der Waals surface area contributed by atoms with E-state index in [0.29, 0.717) is 31.7 Å². The van der Waals surface area contributed by atoms with Gasteiger partial charge in [0.25, 0.3) is 5.91 Å². The molecule has 0 N–H and O–H groups in total. The first kappa shape index (κ1) is 19.4. The zero-order valence-electron chi connectivity index (χ0n) is 14.9. The molecule has 2 rings (SSSR count). The second-order valence-corrected chi connectivity index (χ2v) is 7.85. The molecule has 1 fully saturated rings. The minimum absolute atomic E-state index is 0.0520. The lowest BCUT2D eigenvalue weighted by atomic mass is 10.2. The SMILES string of the molecule is CCN(CC)C(=O)c1cccc(S(=O)(=O)N2CCN(C(C)=O)CC2)c1. The Bertz CT molecular complexity index is 736. The van der Waals surface area contributed by atoms with Gasteiger partial charge in [0, 0.05) is 51.8 Å². The van der Waals surface area contributed by atoms with Crippen LogP contribution in [-0.2, 0) is 14.8 Å². The maximum absolute atomic E-state index is 12.8. The average Bonchev–Trinajstić information content (AvgIpc) is 2.62. The van der Waals surface area contributed by atoms with Crippen molar-refractivity contribution >= 4 is 21.8 Å². The fourth-order valence-electron chi connectivity index (χ4n) is 2.88. The number of hydrogen-bond donors (Lipinski definition) is 0. The third-order valence-electron chi connectivity index (χ3n) is 4.45. The van der Waals surface area contributed by atoms with E-state index in [1.807, 2.05) is 13.8 Å². The van der Waals surface area contributed by atoms with Crippen molar-refractivity contribution in [1.82, 2.24) is 14.1 Å². The van der Waals surface area contributed by atoms with Crippen LogP contribution in [0.2, 0.25) is 0 Å². The van der Waals surface area contributed by atoms with E-state index in [1.54, 1.807) is 21.9 Å². The summed E-state index contributed by atoms with van der Waals surface area (Å²) in [4.78, 5) is 27.2. The van der Waals surface area contributed by atoms with Crippen molar-refractivity contribution in [2.24, 2.45) is 0 Å². The molecule has 0 saturated carbocycles. The van der Waals surface area contributed by atoms with Crippen molar-refractivity contribution in [2.45, 2.75) is 25.7 Å². The van der Waals surface area contributed by atoms with Crippen LogP contribution in [0, 0.1) is 0 Å². The molecular formula is C17H25N3O4S. The summed E-state index contributed by atoms with van der Waals surface area (Å²) >= 11 is 0. The molecule has 1 aliphatic heterocycles. The van der Waals surface area contributed by atoms with E-state index < -0.39 is 10.0 Å². The van der Waals surface area contributed by atoms with Crippen LogP contribution in [-0.4, -0.2) is 73.6 Å². The summed E-state index contributed by atoms with van der Waals surface area (Å²) in [5.41, 5.74) is 0.368. The van der Waals surface area contributed by atoms with E-state index in [4.69, 9.17) is 0 Å². The second-order valence-electron chi connectivity index (χ2n) is 5.92. The van der Waals surface area contributed by atoms with Gasteiger partial charge in [-0.1, -0.05) is 6.07 Å². The lowest BCUT2D eigenvalue weighted by molar-refractivity contribution is -0.129. The van der Waals surface area contributed by atoms with Gasteiger partial charge in [-0.3, -0.25) is 9.59 Å². The highest BCUT2D eigenvalue weighted by molar-refractivity contribution is 7.89. The molecule has 0 aromatic heterocycles. The molecule has 1 aliphatic rings. The molecule has 1 aromatic rings. The predicted molar refractivity (Wildman–Crippen MR) is 94.7 cm³/mol. The third-order valence-corrected chi connectivity index (χ3v) is 6.35. The molecule has 2 amide bonds. The van der Waals surface area contributed by atoms with Crippen molar-refractivity contribution < 1.29 is 18.0 Å². The molecule has 25 heavy (non-hydrogen) atoms. The number of nitrogens with zero attached hydrogens (tertiary/aromatic N) is 3. The van der Waals surface area contributed by atoms with Gasteiger partial charge >= 0.3 is 0 Å². The molecular weight excluding hydrogens is 342 g/mol. The van der Waals surface area contributed by atoms with Gasteiger partial charge in [0.05, 0.1) is 4.90 Å². The Morgan fingerprint density at radius 2 is 1.68 bits per heavy atom. The zero-order valence-corrected chi connectivity index (χ0v) is 15.8. The fraction of sp³-hybridized carbons (Fsp3) is 0.529. The maximum atomic E-state index is 12.8. The molecule has 1 saturated heterocycles. The first-order valence-corrected chi connectivity index (χ1v) is 9.90. The van der Waals surface area contributed by atoms with Crippen LogP contribution in [0.1, 0.15) is 31.1 Å². The Balaban J connectivity index is 2.22. The predicted octanol–water partition coefficient (Wildman–Crippen LogP) is 1.02. The average molecular weight is 367 g/mol. The van der Waals surface area contributed by atoms with Crippen molar-refractivity contribution in [3.8, 4) is 0 Å². The van der Waals surface area contributed by atoms with E-state index >= 15 is 0 Å². The topological polar surface area (TPSA) is 78.0 Å². The highest BCUT2D eigenvalue weighted by Crippen LogP contribution is 2.19. The van der Waals surface area contributed by atoms with Gasteiger partial charge < -0.3 is 9.80 Å². The molecule has 7 nitrogen and oxygen atoms in total. The first-order valence-electron chi connectivity index (χ1n) is 8.46. The van der Waals surface area contributed by atoms with E-state index in [9.17, 15) is 18.0 Å². The summed E-state index contributed by atoms with van der Waals surface area (Å²) in [5.74, 6) is -0.229. The number of amides is 2. The van der Waals surface area contributed by atoms with Gasteiger partial charge in [-0.2, -0.15) is 4.31 Å². The number of carbonyl (C=O) groups is 2. The number of hydrogen-bond acceptors (Lipinski definition) is 4. The molecule has 0 aliphatic carbocycles. The first-order chi connectivity index (χ1) is 11.8. The van der Waals surface area contributed by atoms with Crippen molar-refractivity contribution in [2.75, 3.05) is 39.3 Å². The van der Waals surface area contributed by atoms with Gasteiger partial charge in [-0.25, -0.2) is 8.42 Å². The lowest BCUT2D eigenvalue weighted by Gasteiger charge is -2.33. The number of piperazine rings is 1. The largest absolute Gasteiger partial charge is 0.340 e. The summed E-state index contributed by atoms with van der Waals surface area (Å²) in [6.45, 7) is 7.67. The third kappa shape index (κ3) is 4.19. The van der Waals surface area contributed by atoms with Crippen molar-refractivity contribution in [3.05, 3.63) is 29.8 Å². The summed E-state index contributed by atoms with van der Waals surface area (Å²) in [6, 6.07) is 6.17. The van der Waals surface area contributed by atoms with Crippen LogP contribution in [0.15, 0.2) is 29.2 Å². The molecule has 8 heteroatoms. The van der Waals surface area contributed by atoms with Gasteiger partial charge in [0.2, 0.25) is 15.9 Å². The van der Waals surface area contributed by atoms with Crippen molar-refractivity contribution in [3.63, 3.8) is 0 Å². The lowest BCUT2D eigenvalue weighted by Crippen LogP contribution is -2.49. The highest BCUT2D eigenvalue weighted by atomic mass is 32.2.